The largest absolute Gasteiger partial charge is 0.325 e. The molecule has 0 saturated carbocycles. The molecule has 1 amide bonds. The van der Waals surface area contributed by atoms with E-state index < -0.39 is 15.4 Å². The van der Waals surface area contributed by atoms with Crippen molar-refractivity contribution in [2.24, 2.45) is 0 Å². The highest BCUT2D eigenvalue weighted by Gasteiger charge is 2.39. The van der Waals surface area contributed by atoms with Gasteiger partial charge in [0.1, 0.15) is 0 Å². The molecule has 0 bridgehead atoms. The molecule has 0 aliphatic carbocycles. The molecule has 2 aromatic rings. The Hall–Kier alpha value is -2.34. The van der Waals surface area contributed by atoms with Crippen molar-refractivity contribution < 1.29 is 13.2 Å². The molecule has 3 rings (SSSR count). The summed E-state index contributed by atoms with van der Waals surface area (Å²) in [7, 11) is -3.77. The molecule has 6 heteroatoms. The summed E-state index contributed by atoms with van der Waals surface area (Å²) in [4.78, 5) is 12.2. The maximum absolute atomic E-state index is 13.0. The third-order valence-electron chi connectivity index (χ3n) is 4.95. The second-order valence-electron chi connectivity index (χ2n) is 7.59. The maximum Gasteiger partial charge on any atom is 0.261 e. The van der Waals surface area contributed by atoms with Gasteiger partial charge in [0.15, 0.2) is 0 Å². The monoisotopic (exact) mass is 372 g/mol. The van der Waals surface area contributed by atoms with Crippen LogP contribution in [0.15, 0.2) is 41.3 Å². The molecular weight excluding hydrogens is 348 g/mol. The summed E-state index contributed by atoms with van der Waals surface area (Å²) < 4.78 is 28.8. The van der Waals surface area contributed by atoms with Crippen molar-refractivity contribution in [3.05, 3.63) is 53.1 Å². The minimum absolute atomic E-state index is 0.129. The summed E-state index contributed by atoms with van der Waals surface area (Å²) in [5.41, 5.74) is 3.05. The number of para-hydroxylation sites is 1. The van der Waals surface area contributed by atoms with Crippen molar-refractivity contribution >= 4 is 27.3 Å². The van der Waals surface area contributed by atoms with Crippen LogP contribution in [0.25, 0.3) is 0 Å². The predicted octanol–water partition coefficient (Wildman–Crippen LogP) is 4.15. The Balaban J connectivity index is 2.05. The van der Waals surface area contributed by atoms with Crippen LogP contribution in [0.2, 0.25) is 0 Å². The fraction of sp³-hybridized carbons (Fsp3) is 0.350. The number of rotatable bonds is 4. The number of fused-ring (bicyclic) bond motifs is 1. The number of aryl methyl sites for hydroxylation is 1. The Morgan fingerprint density at radius 3 is 2.46 bits per heavy atom. The second-order valence-corrected chi connectivity index (χ2v) is 9.27. The van der Waals surface area contributed by atoms with Crippen LogP contribution in [0, 0.1) is 6.92 Å². The Labute approximate surface area is 154 Å². The predicted molar refractivity (Wildman–Crippen MR) is 104 cm³/mol. The molecule has 1 aliphatic heterocycles. The summed E-state index contributed by atoms with van der Waals surface area (Å²) in [5.74, 6) is 0.0596. The van der Waals surface area contributed by atoms with Gasteiger partial charge in [-0.05, 0) is 61.6 Å². The molecule has 0 spiro atoms. The smallest absolute Gasteiger partial charge is 0.261 e. The minimum Gasteiger partial charge on any atom is -0.325 e. The van der Waals surface area contributed by atoms with Gasteiger partial charge in [-0.3, -0.25) is 9.52 Å². The highest BCUT2D eigenvalue weighted by atomic mass is 32.2. The van der Waals surface area contributed by atoms with E-state index in [2.05, 4.69) is 10.0 Å². The minimum atomic E-state index is -3.77. The van der Waals surface area contributed by atoms with E-state index in [0.29, 0.717) is 16.9 Å². The van der Waals surface area contributed by atoms with E-state index in [1.54, 1.807) is 26.0 Å². The SMILES string of the molecule is Cc1cccc(C(C)C)c1NS(=O)(=O)c1ccc2c(c1)C(C)(C)C(=O)N2. The van der Waals surface area contributed by atoms with Crippen molar-refractivity contribution in [3.8, 4) is 0 Å². The number of carbonyl (C=O) groups is 1. The topological polar surface area (TPSA) is 75.3 Å². The van der Waals surface area contributed by atoms with Gasteiger partial charge in [0.25, 0.3) is 10.0 Å². The standard InChI is InChI=1S/C20H24N2O3S/c1-12(2)15-8-6-7-13(3)18(15)22-26(24,25)14-9-10-17-16(11-14)20(4,5)19(23)21-17/h6-12,22H,1-5H3,(H,21,23). The van der Waals surface area contributed by atoms with Crippen molar-refractivity contribution in [1.29, 1.82) is 0 Å². The molecule has 0 radical (unpaired) electrons. The van der Waals surface area contributed by atoms with Crippen molar-refractivity contribution in [3.63, 3.8) is 0 Å². The van der Waals surface area contributed by atoms with Gasteiger partial charge >= 0.3 is 0 Å². The van der Waals surface area contributed by atoms with E-state index in [4.69, 9.17) is 0 Å². The number of carbonyl (C=O) groups excluding carboxylic acids is 1. The number of benzene rings is 2. The summed E-state index contributed by atoms with van der Waals surface area (Å²) in [6, 6.07) is 10.5. The van der Waals surface area contributed by atoms with E-state index in [1.807, 2.05) is 39.0 Å². The fourth-order valence-electron chi connectivity index (χ4n) is 3.22. The lowest BCUT2D eigenvalue weighted by atomic mass is 9.86. The van der Waals surface area contributed by atoms with E-state index in [-0.39, 0.29) is 16.7 Å². The molecule has 26 heavy (non-hydrogen) atoms. The number of hydrogen-bond donors (Lipinski definition) is 2. The Kier molecular flexibility index (Phi) is 4.35. The first-order valence-electron chi connectivity index (χ1n) is 8.62. The molecule has 0 aromatic heterocycles. The van der Waals surface area contributed by atoms with Gasteiger partial charge in [-0.25, -0.2) is 8.42 Å². The van der Waals surface area contributed by atoms with Gasteiger partial charge < -0.3 is 5.32 Å². The first-order valence-corrected chi connectivity index (χ1v) is 10.1. The molecule has 2 aromatic carbocycles. The number of sulfonamides is 1. The van der Waals surface area contributed by atoms with E-state index in [1.165, 1.54) is 6.07 Å². The van der Waals surface area contributed by atoms with Gasteiger partial charge in [-0.1, -0.05) is 32.0 Å². The molecule has 0 atom stereocenters. The fourth-order valence-corrected chi connectivity index (χ4v) is 4.41. The molecule has 1 aliphatic rings. The van der Waals surface area contributed by atoms with Crippen molar-refractivity contribution in [2.75, 3.05) is 10.0 Å². The van der Waals surface area contributed by atoms with Crippen molar-refractivity contribution in [2.45, 2.75) is 50.8 Å². The van der Waals surface area contributed by atoms with Gasteiger partial charge in [-0.2, -0.15) is 0 Å². The van der Waals surface area contributed by atoms with Crippen LogP contribution >= 0.6 is 0 Å². The quantitative estimate of drug-likeness (QED) is 0.846. The van der Waals surface area contributed by atoms with Crippen LogP contribution in [-0.4, -0.2) is 14.3 Å². The summed E-state index contributed by atoms with van der Waals surface area (Å²) in [5, 5.41) is 2.80. The third-order valence-corrected chi connectivity index (χ3v) is 6.30. The summed E-state index contributed by atoms with van der Waals surface area (Å²) in [6.07, 6.45) is 0. The van der Waals surface area contributed by atoms with E-state index >= 15 is 0 Å². The van der Waals surface area contributed by atoms with E-state index in [0.717, 1.165) is 11.1 Å². The Bertz CT molecular complexity index is 992. The highest BCUT2D eigenvalue weighted by molar-refractivity contribution is 7.92. The average molecular weight is 372 g/mol. The van der Waals surface area contributed by atoms with Gasteiger partial charge in [0.05, 0.1) is 16.0 Å². The lowest BCUT2D eigenvalue weighted by Crippen LogP contribution is -2.27. The third kappa shape index (κ3) is 2.98. The highest BCUT2D eigenvalue weighted by Crippen LogP contribution is 2.39. The average Bonchev–Trinajstić information content (AvgIpc) is 2.78. The van der Waals surface area contributed by atoms with Crippen LogP contribution < -0.4 is 10.0 Å². The molecule has 138 valence electrons. The molecular formula is C20H24N2O3S. The van der Waals surface area contributed by atoms with Crippen LogP contribution in [0.5, 0.6) is 0 Å². The molecule has 1 heterocycles. The first-order chi connectivity index (χ1) is 12.0. The first kappa shape index (κ1) is 18.5. The summed E-state index contributed by atoms with van der Waals surface area (Å²) >= 11 is 0. The number of anilines is 2. The lowest BCUT2D eigenvalue weighted by molar-refractivity contribution is -0.119. The van der Waals surface area contributed by atoms with Crippen LogP contribution in [0.4, 0.5) is 11.4 Å². The lowest BCUT2D eigenvalue weighted by Gasteiger charge is -2.19. The van der Waals surface area contributed by atoms with E-state index in [9.17, 15) is 13.2 Å². The Morgan fingerprint density at radius 2 is 1.81 bits per heavy atom. The van der Waals surface area contributed by atoms with Gasteiger partial charge in [-0.15, -0.1) is 0 Å². The molecule has 5 nitrogen and oxygen atoms in total. The molecule has 0 unspecified atom stereocenters. The number of hydrogen-bond acceptors (Lipinski definition) is 3. The summed E-state index contributed by atoms with van der Waals surface area (Å²) in [6.45, 7) is 9.52. The molecule has 0 fully saturated rings. The number of amides is 1. The maximum atomic E-state index is 13.0. The molecule has 2 N–H and O–H groups in total. The van der Waals surface area contributed by atoms with Crippen molar-refractivity contribution in [1.82, 2.24) is 0 Å². The normalized spacial score (nSPS) is 15.7. The zero-order valence-corrected chi connectivity index (χ0v) is 16.5. The zero-order chi connectivity index (χ0) is 19.3. The van der Waals surface area contributed by atoms with Gasteiger partial charge in [0, 0.05) is 5.69 Å². The zero-order valence-electron chi connectivity index (χ0n) is 15.7. The Morgan fingerprint density at radius 1 is 1.12 bits per heavy atom. The van der Waals surface area contributed by atoms with Crippen LogP contribution in [0.3, 0.4) is 0 Å². The molecule has 0 saturated heterocycles. The second kappa shape index (κ2) is 6.13. The van der Waals surface area contributed by atoms with Crippen LogP contribution in [0.1, 0.15) is 50.3 Å². The van der Waals surface area contributed by atoms with Crippen LogP contribution in [-0.2, 0) is 20.2 Å². The number of nitrogens with one attached hydrogen (secondary N) is 2. The van der Waals surface area contributed by atoms with Gasteiger partial charge in [0.2, 0.25) is 5.91 Å².